The molecule has 1 N–H and O–H groups in total. The molecule has 1 amide bonds. The summed E-state index contributed by atoms with van der Waals surface area (Å²) in [5.74, 6) is -1.33. The number of hydrogen-bond acceptors (Lipinski definition) is 3. The molecule has 0 saturated heterocycles. The predicted molar refractivity (Wildman–Crippen MR) is 60.2 cm³/mol. The molecule has 0 bridgehead atoms. The molecule has 1 aromatic rings. The van der Waals surface area contributed by atoms with E-state index in [0.717, 1.165) is 18.2 Å². The Labute approximate surface area is 109 Å². The average molecular weight is 297 g/mol. The highest BCUT2D eigenvalue weighted by molar-refractivity contribution is 7.79. The van der Waals surface area contributed by atoms with Crippen molar-refractivity contribution >= 4 is 17.0 Å². The first kappa shape index (κ1) is 15.4. The molecule has 0 radical (unpaired) electrons. The lowest BCUT2D eigenvalue weighted by Gasteiger charge is -2.14. The fourth-order valence-electron chi connectivity index (χ4n) is 1.24. The third kappa shape index (κ3) is 4.21. The molecular formula is C10H10F3NO4S. The van der Waals surface area contributed by atoms with Crippen LogP contribution in [0.25, 0.3) is 0 Å². The first-order valence-electron chi connectivity index (χ1n) is 4.84. The van der Waals surface area contributed by atoms with Gasteiger partial charge in [0, 0.05) is 19.7 Å². The molecule has 0 aliphatic heterocycles. The van der Waals surface area contributed by atoms with Crippen molar-refractivity contribution in [1.82, 2.24) is 4.90 Å². The Kier molecular flexibility index (Phi) is 4.53. The summed E-state index contributed by atoms with van der Waals surface area (Å²) in [6, 6.07) is 2.80. The standard InChI is InChI=1S/C10H10F3NO4S/c1-14(2)9(15)6-3-4-7(18-10(11,12)13)8(5-6)19(16)17/h3-5H,1-2H3,(H,16,17). The fraction of sp³-hybridized carbons (Fsp3) is 0.300. The Balaban J connectivity index is 3.23. The number of carbonyl (C=O) groups excluding carboxylic acids is 1. The maximum Gasteiger partial charge on any atom is 0.573 e. The van der Waals surface area contributed by atoms with Crippen LogP contribution < -0.4 is 4.74 Å². The van der Waals surface area contributed by atoms with Gasteiger partial charge in [0.1, 0.15) is 10.6 Å². The van der Waals surface area contributed by atoms with E-state index in [4.69, 9.17) is 4.55 Å². The lowest BCUT2D eigenvalue weighted by molar-refractivity contribution is -0.275. The van der Waals surface area contributed by atoms with Crippen molar-refractivity contribution in [3.8, 4) is 5.75 Å². The van der Waals surface area contributed by atoms with Gasteiger partial charge in [-0.15, -0.1) is 13.2 Å². The summed E-state index contributed by atoms with van der Waals surface area (Å²) in [5, 5.41) is 0. The highest BCUT2D eigenvalue weighted by Crippen LogP contribution is 2.29. The number of alkyl halides is 3. The summed E-state index contributed by atoms with van der Waals surface area (Å²) in [5.41, 5.74) is -0.0167. The van der Waals surface area contributed by atoms with Crippen molar-refractivity contribution in [1.29, 1.82) is 0 Å². The molecule has 0 aromatic heterocycles. The second-order valence-corrected chi connectivity index (χ2v) is 4.60. The van der Waals surface area contributed by atoms with E-state index < -0.39 is 34.0 Å². The van der Waals surface area contributed by atoms with Crippen molar-refractivity contribution in [3.05, 3.63) is 23.8 Å². The number of halogens is 3. The molecule has 0 saturated carbocycles. The smallest absolute Gasteiger partial charge is 0.404 e. The van der Waals surface area contributed by atoms with E-state index in [9.17, 15) is 22.2 Å². The third-order valence-electron chi connectivity index (χ3n) is 2.01. The normalized spacial score (nSPS) is 12.9. The van der Waals surface area contributed by atoms with Crippen LogP contribution in [0.5, 0.6) is 5.75 Å². The van der Waals surface area contributed by atoms with Crippen molar-refractivity contribution < 1.29 is 31.5 Å². The third-order valence-corrected chi connectivity index (χ3v) is 2.71. The van der Waals surface area contributed by atoms with Crippen molar-refractivity contribution in [2.24, 2.45) is 0 Å². The molecule has 0 spiro atoms. The van der Waals surface area contributed by atoms with Crippen LogP contribution in [-0.2, 0) is 11.1 Å². The molecule has 0 heterocycles. The second-order valence-electron chi connectivity index (χ2n) is 3.66. The van der Waals surface area contributed by atoms with Gasteiger partial charge < -0.3 is 14.2 Å². The Hall–Kier alpha value is -1.61. The number of carbonyl (C=O) groups is 1. The molecule has 0 fully saturated rings. The highest BCUT2D eigenvalue weighted by atomic mass is 32.2. The molecule has 9 heteroatoms. The molecule has 0 aliphatic carbocycles. The van der Waals surface area contributed by atoms with Crippen LogP contribution >= 0.6 is 0 Å². The Morgan fingerprint density at radius 1 is 1.37 bits per heavy atom. The minimum Gasteiger partial charge on any atom is -0.404 e. The molecule has 0 aliphatic rings. The first-order valence-corrected chi connectivity index (χ1v) is 5.95. The SMILES string of the molecule is CN(C)C(=O)c1ccc(OC(F)(F)F)c(S(=O)O)c1. The minimum atomic E-state index is -4.98. The fourth-order valence-corrected chi connectivity index (χ4v) is 1.75. The highest BCUT2D eigenvalue weighted by Gasteiger charge is 2.33. The first-order chi connectivity index (χ1) is 8.61. The summed E-state index contributed by atoms with van der Waals surface area (Å²) < 4.78 is 59.8. The summed E-state index contributed by atoms with van der Waals surface area (Å²) in [6.07, 6.45) is -4.98. The molecule has 5 nitrogen and oxygen atoms in total. The van der Waals surface area contributed by atoms with Gasteiger partial charge in [-0.25, -0.2) is 4.21 Å². The summed E-state index contributed by atoms with van der Waals surface area (Å²) in [6.45, 7) is 0. The topological polar surface area (TPSA) is 66.8 Å². The van der Waals surface area contributed by atoms with Crippen molar-refractivity contribution in [2.75, 3.05) is 14.1 Å². The summed E-state index contributed by atoms with van der Waals surface area (Å²) in [4.78, 5) is 12.2. The molecule has 106 valence electrons. The van der Waals surface area contributed by atoms with Crippen LogP contribution in [0.4, 0.5) is 13.2 Å². The van der Waals surface area contributed by atoms with Gasteiger partial charge in [0.05, 0.1) is 0 Å². The average Bonchev–Trinajstić information content (AvgIpc) is 2.26. The molecule has 1 atom stereocenters. The Bertz CT molecular complexity index is 516. The van der Waals surface area contributed by atoms with E-state index >= 15 is 0 Å². The van der Waals surface area contributed by atoms with Gasteiger partial charge >= 0.3 is 6.36 Å². The van der Waals surface area contributed by atoms with Crippen molar-refractivity contribution in [3.63, 3.8) is 0 Å². The predicted octanol–water partition coefficient (Wildman–Crippen LogP) is 1.87. The Morgan fingerprint density at radius 2 is 1.95 bits per heavy atom. The van der Waals surface area contributed by atoms with Crippen LogP contribution in [0.15, 0.2) is 23.1 Å². The minimum absolute atomic E-state index is 0.0167. The molecule has 1 rings (SSSR count). The van der Waals surface area contributed by atoms with Crippen molar-refractivity contribution in [2.45, 2.75) is 11.3 Å². The summed E-state index contributed by atoms with van der Waals surface area (Å²) >= 11 is -2.71. The van der Waals surface area contributed by atoms with Crippen LogP contribution in [0.2, 0.25) is 0 Å². The van der Waals surface area contributed by atoms with Gasteiger partial charge in [0.2, 0.25) is 0 Å². The zero-order chi connectivity index (χ0) is 14.8. The van der Waals surface area contributed by atoms with E-state index in [1.54, 1.807) is 0 Å². The largest absolute Gasteiger partial charge is 0.573 e. The second kappa shape index (κ2) is 5.57. The lowest BCUT2D eigenvalue weighted by atomic mass is 10.2. The number of benzene rings is 1. The number of amides is 1. The molecule has 19 heavy (non-hydrogen) atoms. The van der Waals surface area contributed by atoms with Crippen LogP contribution in [0, 0.1) is 0 Å². The molecule has 1 unspecified atom stereocenters. The van der Waals surface area contributed by atoms with Gasteiger partial charge in [0.15, 0.2) is 11.1 Å². The van der Waals surface area contributed by atoms with Crippen LogP contribution in [-0.4, -0.2) is 40.0 Å². The van der Waals surface area contributed by atoms with E-state index in [0.29, 0.717) is 0 Å². The lowest BCUT2D eigenvalue weighted by Crippen LogP contribution is -2.22. The van der Waals surface area contributed by atoms with E-state index in [2.05, 4.69) is 4.74 Å². The zero-order valence-corrected chi connectivity index (χ0v) is 10.7. The molecular weight excluding hydrogens is 287 g/mol. The number of ether oxygens (including phenoxy) is 1. The van der Waals surface area contributed by atoms with Crippen LogP contribution in [0.1, 0.15) is 10.4 Å². The van der Waals surface area contributed by atoms with Gasteiger partial charge in [-0.1, -0.05) is 0 Å². The maximum atomic E-state index is 12.1. The molecule has 1 aromatic carbocycles. The quantitative estimate of drug-likeness (QED) is 0.865. The Morgan fingerprint density at radius 3 is 2.37 bits per heavy atom. The zero-order valence-electron chi connectivity index (χ0n) is 9.89. The summed E-state index contributed by atoms with van der Waals surface area (Å²) in [7, 11) is 2.89. The monoisotopic (exact) mass is 297 g/mol. The van der Waals surface area contributed by atoms with Gasteiger partial charge in [-0.3, -0.25) is 4.79 Å². The van der Waals surface area contributed by atoms with Gasteiger partial charge in [0.25, 0.3) is 5.91 Å². The van der Waals surface area contributed by atoms with E-state index in [-0.39, 0.29) is 5.56 Å². The van der Waals surface area contributed by atoms with Gasteiger partial charge in [-0.2, -0.15) is 0 Å². The number of nitrogens with zero attached hydrogens (tertiary/aromatic N) is 1. The van der Waals surface area contributed by atoms with E-state index in [1.807, 2.05) is 0 Å². The van der Waals surface area contributed by atoms with Crippen LogP contribution in [0.3, 0.4) is 0 Å². The maximum absolute atomic E-state index is 12.1. The van der Waals surface area contributed by atoms with Gasteiger partial charge in [-0.05, 0) is 18.2 Å². The number of hydrogen-bond donors (Lipinski definition) is 1. The van der Waals surface area contributed by atoms with E-state index in [1.165, 1.54) is 19.0 Å². The number of rotatable bonds is 3.